The molecule has 0 saturated heterocycles. The molecule has 8 aliphatic carbocycles. The van der Waals surface area contributed by atoms with Gasteiger partial charge in [0.05, 0.1) is 0 Å². The minimum atomic E-state index is -0.137. The molecule has 1 aromatic rings. The van der Waals surface area contributed by atoms with E-state index in [9.17, 15) is 9.59 Å². The van der Waals surface area contributed by atoms with Crippen LogP contribution in [0.2, 0.25) is 0 Å². The Morgan fingerprint density at radius 1 is 0.667 bits per heavy atom. The van der Waals surface area contributed by atoms with Crippen LogP contribution in [0.1, 0.15) is 112 Å². The minimum absolute atomic E-state index is 0.137. The fourth-order valence-electron chi connectivity index (χ4n) is 11.0. The lowest BCUT2D eigenvalue weighted by atomic mass is 9.48. The standard InChI is InChI=1S/C31H43N3O2/c1-18(30-12-20-6-21(13-30)8-22(7-20)14-30)32-28(35)26-4-3-5-27(34-26)29(36)33-19(2)31-15-23-9-24(16-31)11-25(10-23)17-31/h3-5,18-25H,6-17H2,1-2H3,(H,32,35)(H,33,36). The lowest BCUT2D eigenvalue weighted by molar-refractivity contribution is -0.0688. The highest BCUT2D eigenvalue weighted by Crippen LogP contribution is 2.62. The summed E-state index contributed by atoms with van der Waals surface area (Å²) >= 11 is 0. The van der Waals surface area contributed by atoms with Crippen molar-refractivity contribution in [1.29, 1.82) is 0 Å². The molecule has 0 aliphatic heterocycles. The molecule has 2 atom stereocenters. The summed E-state index contributed by atoms with van der Waals surface area (Å²) in [6, 6.07) is 5.60. The summed E-state index contributed by atoms with van der Waals surface area (Å²) in [4.78, 5) is 31.1. The average Bonchev–Trinajstić information content (AvgIpc) is 2.82. The Hall–Kier alpha value is -1.91. The average molecular weight is 490 g/mol. The molecule has 36 heavy (non-hydrogen) atoms. The highest BCUT2D eigenvalue weighted by atomic mass is 16.2. The Bertz CT molecular complexity index is 914. The zero-order valence-electron chi connectivity index (χ0n) is 22.1. The van der Waals surface area contributed by atoms with Crippen molar-refractivity contribution in [2.24, 2.45) is 46.3 Å². The predicted molar refractivity (Wildman–Crippen MR) is 139 cm³/mol. The molecule has 5 nitrogen and oxygen atoms in total. The molecule has 1 aromatic heterocycles. The molecule has 8 saturated carbocycles. The van der Waals surface area contributed by atoms with Crippen LogP contribution >= 0.6 is 0 Å². The van der Waals surface area contributed by atoms with Crippen LogP contribution in [0.15, 0.2) is 18.2 Å². The van der Waals surface area contributed by atoms with Gasteiger partial charge in [-0.3, -0.25) is 9.59 Å². The third-order valence-electron chi connectivity index (χ3n) is 11.9. The van der Waals surface area contributed by atoms with Crippen molar-refractivity contribution in [3.63, 3.8) is 0 Å². The van der Waals surface area contributed by atoms with E-state index in [2.05, 4.69) is 29.5 Å². The van der Waals surface area contributed by atoms with Crippen LogP contribution in [0.25, 0.3) is 0 Å². The number of hydrogen-bond donors (Lipinski definition) is 2. The summed E-state index contributed by atoms with van der Waals surface area (Å²) in [5, 5.41) is 6.63. The maximum Gasteiger partial charge on any atom is 0.270 e. The van der Waals surface area contributed by atoms with Gasteiger partial charge in [0.1, 0.15) is 11.4 Å². The molecule has 0 aromatic carbocycles. The van der Waals surface area contributed by atoms with Gasteiger partial charge >= 0.3 is 0 Å². The van der Waals surface area contributed by atoms with E-state index in [-0.39, 0.29) is 34.7 Å². The van der Waals surface area contributed by atoms with Gasteiger partial charge in [-0.2, -0.15) is 0 Å². The van der Waals surface area contributed by atoms with Gasteiger partial charge in [0, 0.05) is 12.1 Å². The first-order valence-electron chi connectivity index (χ1n) is 14.9. The third kappa shape index (κ3) is 3.82. The molecule has 194 valence electrons. The van der Waals surface area contributed by atoms with E-state index < -0.39 is 0 Å². The van der Waals surface area contributed by atoms with Crippen LogP contribution in [0, 0.1) is 46.3 Å². The normalized spacial score (nSPS) is 43.3. The topological polar surface area (TPSA) is 71.1 Å². The molecule has 1 heterocycles. The zero-order chi connectivity index (χ0) is 24.7. The van der Waals surface area contributed by atoms with Crippen LogP contribution in [-0.4, -0.2) is 28.9 Å². The largest absolute Gasteiger partial charge is 0.348 e. The monoisotopic (exact) mass is 489 g/mol. The SMILES string of the molecule is CC(NC(=O)c1cccc(C(=O)NC(C)C23CC4CC(CC(C4)C2)C3)n1)C12CC3CC(CC(C3)C1)C2. The van der Waals surface area contributed by atoms with Gasteiger partial charge in [-0.15, -0.1) is 0 Å². The molecule has 8 aliphatic rings. The van der Waals surface area contributed by atoms with Gasteiger partial charge in [0.2, 0.25) is 0 Å². The van der Waals surface area contributed by atoms with E-state index in [0.717, 1.165) is 35.5 Å². The van der Waals surface area contributed by atoms with E-state index in [1.54, 1.807) is 12.1 Å². The zero-order valence-corrected chi connectivity index (χ0v) is 22.1. The van der Waals surface area contributed by atoms with E-state index in [1.807, 2.05) is 6.07 Å². The fourth-order valence-corrected chi connectivity index (χ4v) is 11.0. The second-order valence-corrected chi connectivity index (χ2v) is 14.4. The second-order valence-electron chi connectivity index (χ2n) is 14.4. The van der Waals surface area contributed by atoms with Crippen molar-refractivity contribution < 1.29 is 9.59 Å². The number of nitrogens with zero attached hydrogens (tertiary/aromatic N) is 1. The van der Waals surface area contributed by atoms with Crippen molar-refractivity contribution >= 4 is 11.8 Å². The van der Waals surface area contributed by atoms with E-state index in [1.165, 1.54) is 77.0 Å². The second kappa shape index (κ2) is 8.30. The van der Waals surface area contributed by atoms with Crippen molar-refractivity contribution in [2.75, 3.05) is 0 Å². The van der Waals surface area contributed by atoms with Gasteiger partial charge in [-0.1, -0.05) is 6.07 Å². The molecule has 8 fully saturated rings. The van der Waals surface area contributed by atoms with Crippen LogP contribution in [0.3, 0.4) is 0 Å². The van der Waals surface area contributed by atoms with Gasteiger partial charge in [-0.25, -0.2) is 4.98 Å². The summed E-state index contributed by atoms with van der Waals surface area (Å²) in [6.45, 7) is 4.41. The third-order valence-corrected chi connectivity index (χ3v) is 11.9. The maximum atomic E-state index is 13.3. The molecular weight excluding hydrogens is 446 g/mol. The van der Waals surface area contributed by atoms with Crippen LogP contribution < -0.4 is 10.6 Å². The quantitative estimate of drug-likeness (QED) is 0.534. The maximum absolute atomic E-state index is 13.3. The molecule has 8 bridgehead atoms. The summed E-state index contributed by atoms with van der Waals surface area (Å²) in [7, 11) is 0. The summed E-state index contributed by atoms with van der Waals surface area (Å²) in [5.41, 5.74) is 1.24. The van der Waals surface area contributed by atoms with Gasteiger partial charge in [0.15, 0.2) is 0 Å². The molecule has 0 spiro atoms. The van der Waals surface area contributed by atoms with Crippen molar-refractivity contribution in [3.05, 3.63) is 29.6 Å². The Morgan fingerprint density at radius 3 is 1.28 bits per heavy atom. The number of carbonyl (C=O) groups is 2. The number of rotatable bonds is 6. The molecule has 9 rings (SSSR count). The summed E-state index contributed by atoms with van der Waals surface area (Å²) in [6.07, 6.45) is 16.0. The van der Waals surface area contributed by atoms with Crippen LogP contribution in [-0.2, 0) is 0 Å². The van der Waals surface area contributed by atoms with E-state index in [0.29, 0.717) is 11.4 Å². The lowest BCUT2D eigenvalue weighted by Gasteiger charge is -2.59. The number of hydrogen-bond acceptors (Lipinski definition) is 3. The number of nitrogens with one attached hydrogen (secondary N) is 2. The highest BCUT2D eigenvalue weighted by molar-refractivity contribution is 5.96. The predicted octanol–water partition coefficient (Wildman–Crippen LogP) is 5.75. The molecular formula is C31H43N3O2. The minimum Gasteiger partial charge on any atom is -0.348 e. The first kappa shape index (κ1) is 23.2. The van der Waals surface area contributed by atoms with Crippen molar-refractivity contribution in [3.8, 4) is 0 Å². The van der Waals surface area contributed by atoms with Crippen molar-refractivity contribution in [1.82, 2.24) is 15.6 Å². The molecule has 0 radical (unpaired) electrons. The lowest BCUT2D eigenvalue weighted by Crippen LogP contribution is -2.56. The molecule has 2 unspecified atom stereocenters. The molecule has 2 N–H and O–H groups in total. The Morgan fingerprint density at radius 2 is 0.972 bits per heavy atom. The number of pyridine rings is 1. The van der Waals surface area contributed by atoms with Crippen LogP contribution in [0.5, 0.6) is 0 Å². The number of aromatic nitrogens is 1. The molecule has 5 heteroatoms. The Labute approximate surface area is 216 Å². The Balaban J connectivity index is 1.02. The molecule has 2 amide bonds. The van der Waals surface area contributed by atoms with Gasteiger partial charge in [-0.05, 0) is 149 Å². The first-order chi connectivity index (χ1) is 17.3. The highest BCUT2D eigenvalue weighted by Gasteiger charge is 2.54. The van der Waals surface area contributed by atoms with Gasteiger partial charge in [0.25, 0.3) is 11.8 Å². The van der Waals surface area contributed by atoms with Crippen LogP contribution in [0.4, 0.5) is 0 Å². The first-order valence-corrected chi connectivity index (χ1v) is 14.9. The number of carbonyl (C=O) groups excluding carboxylic acids is 2. The van der Waals surface area contributed by atoms with Crippen molar-refractivity contribution in [2.45, 2.75) is 103 Å². The van der Waals surface area contributed by atoms with E-state index in [4.69, 9.17) is 0 Å². The number of amides is 2. The smallest absolute Gasteiger partial charge is 0.270 e. The fraction of sp³-hybridized carbons (Fsp3) is 0.774. The van der Waals surface area contributed by atoms with Gasteiger partial charge < -0.3 is 10.6 Å². The van der Waals surface area contributed by atoms with E-state index >= 15 is 0 Å². The summed E-state index contributed by atoms with van der Waals surface area (Å²) in [5.74, 6) is 4.87. The Kier molecular flexibility index (Phi) is 5.35. The summed E-state index contributed by atoms with van der Waals surface area (Å²) < 4.78 is 0.